The van der Waals surface area contributed by atoms with Crippen molar-refractivity contribution in [1.82, 2.24) is 9.78 Å². The maximum absolute atomic E-state index is 6.12. The zero-order valence-electron chi connectivity index (χ0n) is 10.6. The van der Waals surface area contributed by atoms with Gasteiger partial charge in [0.25, 0.3) is 0 Å². The van der Waals surface area contributed by atoms with Crippen molar-refractivity contribution >= 4 is 11.6 Å². The number of nitrogens with zero attached hydrogens (tertiary/aromatic N) is 2. The van der Waals surface area contributed by atoms with Crippen molar-refractivity contribution in [2.45, 2.75) is 31.7 Å². The molecule has 1 aromatic heterocycles. The van der Waals surface area contributed by atoms with Gasteiger partial charge in [0.1, 0.15) is 0 Å². The highest BCUT2D eigenvalue weighted by atomic mass is 35.5. The molecule has 17 heavy (non-hydrogen) atoms. The summed E-state index contributed by atoms with van der Waals surface area (Å²) < 4.78 is 12.3. The fraction of sp³-hybridized carbons (Fsp3) is 0.750. The molecule has 0 aromatic carbocycles. The Balaban J connectivity index is 2.16. The lowest BCUT2D eigenvalue weighted by atomic mass is 10.2. The van der Waals surface area contributed by atoms with E-state index in [0.717, 1.165) is 38.2 Å². The van der Waals surface area contributed by atoms with Gasteiger partial charge in [-0.2, -0.15) is 5.10 Å². The lowest BCUT2D eigenvalue weighted by molar-refractivity contribution is 0.0961. The minimum absolute atomic E-state index is 0.0615. The average Bonchev–Trinajstić information content (AvgIpc) is 2.81. The zero-order valence-corrected chi connectivity index (χ0v) is 11.3. The van der Waals surface area contributed by atoms with E-state index in [-0.39, 0.29) is 5.38 Å². The maximum atomic E-state index is 6.12. The first-order valence-corrected chi connectivity index (χ1v) is 6.44. The molecule has 0 saturated heterocycles. The Kier molecular flexibility index (Phi) is 7.24. The molecule has 0 fully saturated rings. The van der Waals surface area contributed by atoms with E-state index in [1.54, 1.807) is 7.11 Å². The van der Waals surface area contributed by atoms with Gasteiger partial charge in [-0.15, -0.1) is 11.6 Å². The standard InChI is InChI=1S/C12H21ClN2O2/c1-3-12(13)11-9-14-15(10-11)5-8-17-7-4-6-16-2/h9-10,12H,3-8H2,1-2H3. The van der Waals surface area contributed by atoms with Gasteiger partial charge < -0.3 is 9.47 Å². The van der Waals surface area contributed by atoms with Crippen LogP contribution in [0.25, 0.3) is 0 Å². The second kappa shape index (κ2) is 8.50. The van der Waals surface area contributed by atoms with E-state index in [9.17, 15) is 0 Å². The number of hydrogen-bond donors (Lipinski definition) is 0. The molecule has 0 aliphatic rings. The summed E-state index contributed by atoms with van der Waals surface area (Å²) in [6.07, 6.45) is 5.66. The summed E-state index contributed by atoms with van der Waals surface area (Å²) >= 11 is 6.12. The Bertz CT molecular complexity index is 304. The maximum Gasteiger partial charge on any atom is 0.0662 e. The third-order valence-electron chi connectivity index (χ3n) is 2.48. The molecule has 1 atom stereocenters. The Morgan fingerprint density at radius 2 is 2.24 bits per heavy atom. The van der Waals surface area contributed by atoms with E-state index >= 15 is 0 Å². The summed E-state index contributed by atoms with van der Waals surface area (Å²) in [5.74, 6) is 0. The van der Waals surface area contributed by atoms with E-state index in [1.807, 2.05) is 17.1 Å². The molecule has 1 aromatic rings. The van der Waals surface area contributed by atoms with Gasteiger partial charge in [0.05, 0.1) is 24.7 Å². The Morgan fingerprint density at radius 3 is 2.94 bits per heavy atom. The summed E-state index contributed by atoms with van der Waals surface area (Å²) in [5.41, 5.74) is 1.08. The van der Waals surface area contributed by atoms with E-state index in [4.69, 9.17) is 21.1 Å². The minimum Gasteiger partial charge on any atom is -0.385 e. The van der Waals surface area contributed by atoms with Gasteiger partial charge >= 0.3 is 0 Å². The molecule has 5 heteroatoms. The van der Waals surface area contributed by atoms with Crippen LogP contribution >= 0.6 is 11.6 Å². The predicted molar refractivity (Wildman–Crippen MR) is 68.4 cm³/mol. The van der Waals surface area contributed by atoms with Crippen LogP contribution in [0.1, 0.15) is 30.7 Å². The van der Waals surface area contributed by atoms with Crippen LogP contribution in [0.4, 0.5) is 0 Å². The van der Waals surface area contributed by atoms with Crippen molar-refractivity contribution in [1.29, 1.82) is 0 Å². The quantitative estimate of drug-likeness (QED) is 0.506. The molecular weight excluding hydrogens is 240 g/mol. The number of alkyl halides is 1. The molecular formula is C12H21ClN2O2. The van der Waals surface area contributed by atoms with Crippen molar-refractivity contribution in [3.05, 3.63) is 18.0 Å². The molecule has 1 rings (SSSR count). The summed E-state index contributed by atoms with van der Waals surface area (Å²) in [7, 11) is 1.70. The number of aromatic nitrogens is 2. The van der Waals surface area contributed by atoms with Gasteiger partial charge in [0, 0.05) is 32.1 Å². The summed E-state index contributed by atoms with van der Waals surface area (Å²) in [4.78, 5) is 0. The van der Waals surface area contributed by atoms with Crippen LogP contribution in [0.2, 0.25) is 0 Å². The van der Waals surface area contributed by atoms with E-state index in [0.29, 0.717) is 6.61 Å². The summed E-state index contributed by atoms with van der Waals surface area (Å²) in [6.45, 7) is 4.98. The van der Waals surface area contributed by atoms with Gasteiger partial charge in [-0.25, -0.2) is 0 Å². The van der Waals surface area contributed by atoms with E-state index in [1.165, 1.54) is 0 Å². The van der Waals surface area contributed by atoms with Crippen molar-refractivity contribution < 1.29 is 9.47 Å². The number of methoxy groups -OCH3 is 1. The zero-order chi connectivity index (χ0) is 12.5. The lowest BCUT2D eigenvalue weighted by Crippen LogP contribution is -2.08. The number of ether oxygens (including phenoxy) is 2. The lowest BCUT2D eigenvalue weighted by Gasteiger charge is -2.04. The third kappa shape index (κ3) is 5.52. The molecule has 0 amide bonds. The van der Waals surface area contributed by atoms with Gasteiger partial charge in [-0.3, -0.25) is 4.68 Å². The van der Waals surface area contributed by atoms with E-state index < -0.39 is 0 Å². The highest BCUT2D eigenvalue weighted by Gasteiger charge is 2.07. The molecule has 0 radical (unpaired) electrons. The van der Waals surface area contributed by atoms with Crippen LogP contribution in [0, 0.1) is 0 Å². The van der Waals surface area contributed by atoms with Crippen molar-refractivity contribution in [2.24, 2.45) is 0 Å². The first-order valence-electron chi connectivity index (χ1n) is 6.01. The average molecular weight is 261 g/mol. The summed E-state index contributed by atoms with van der Waals surface area (Å²) in [6, 6.07) is 0. The highest BCUT2D eigenvalue weighted by molar-refractivity contribution is 6.20. The highest BCUT2D eigenvalue weighted by Crippen LogP contribution is 2.22. The van der Waals surface area contributed by atoms with Crippen molar-refractivity contribution in [2.75, 3.05) is 26.9 Å². The molecule has 98 valence electrons. The molecule has 0 N–H and O–H groups in total. The number of halogens is 1. The number of rotatable bonds is 9. The van der Waals surface area contributed by atoms with Gasteiger partial charge in [0.2, 0.25) is 0 Å². The van der Waals surface area contributed by atoms with Crippen molar-refractivity contribution in [3.63, 3.8) is 0 Å². The minimum atomic E-state index is 0.0615. The largest absolute Gasteiger partial charge is 0.385 e. The van der Waals surface area contributed by atoms with Gasteiger partial charge in [0.15, 0.2) is 0 Å². The summed E-state index contributed by atoms with van der Waals surface area (Å²) in [5, 5.41) is 4.31. The molecule has 4 nitrogen and oxygen atoms in total. The molecule has 0 spiro atoms. The van der Waals surface area contributed by atoms with Gasteiger partial charge in [-0.1, -0.05) is 6.92 Å². The normalized spacial score (nSPS) is 12.9. The molecule has 1 heterocycles. The second-order valence-electron chi connectivity index (χ2n) is 3.87. The molecule has 0 aliphatic carbocycles. The fourth-order valence-electron chi connectivity index (χ4n) is 1.46. The third-order valence-corrected chi connectivity index (χ3v) is 3.04. The molecule has 0 aliphatic heterocycles. The van der Waals surface area contributed by atoms with Crippen molar-refractivity contribution in [3.8, 4) is 0 Å². The van der Waals surface area contributed by atoms with Gasteiger partial charge in [-0.05, 0) is 12.8 Å². The Hall–Kier alpha value is -0.580. The van der Waals surface area contributed by atoms with Crippen LogP contribution in [-0.2, 0) is 16.0 Å². The van der Waals surface area contributed by atoms with E-state index in [2.05, 4.69) is 12.0 Å². The van der Waals surface area contributed by atoms with Crippen LogP contribution in [0.3, 0.4) is 0 Å². The second-order valence-corrected chi connectivity index (χ2v) is 4.40. The van der Waals surface area contributed by atoms with Crippen LogP contribution in [-0.4, -0.2) is 36.7 Å². The predicted octanol–water partition coefficient (Wildman–Crippen LogP) is 2.63. The fourth-order valence-corrected chi connectivity index (χ4v) is 1.58. The SMILES string of the molecule is CCC(Cl)c1cnn(CCOCCCOC)c1. The van der Waals surface area contributed by atoms with Crippen LogP contribution < -0.4 is 0 Å². The first kappa shape index (κ1) is 14.5. The first-order chi connectivity index (χ1) is 8.27. The monoisotopic (exact) mass is 260 g/mol. The molecule has 0 saturated carbocycles. The topological polar surface area (TPSA) is 36.3 Å². The Morgan fingerprint density at radius 1 is 1.41 bits per heavy atom. The molecule has 1 unspecified atom stereocenters. The Labute approximate surface area is 108 Å². The molecule has 0 bridgehead atoms. The number of hydrogen-bond acceptors (Lipinski definition) is 3. The van der Waals surface area contributed by atoms with Crippen LogP contribution in [0.5, 0.6) is 0 Å². The van der Waals surface area contributed by atoms with Crippen LogP contribution in [0.15, 0.2) is 12.4 Å². The smallest absolute Gasteiger partial charge is 0.0662 e.